The third-order valence-electron chi connectivity index (χ3n) is 3.40. The van der Waals surface area contributed by atoms with E-state index in [1.54, 1.807) is 13.1 Å². The molecule has 2 rings (SSSR count). The second-order valence-electron chi connectivity index (χ2n) is 5.79. The lowest BCUT2D eigenvalue weighted by molar-refractivity contribution is 0.509. The highest BCUT2D eigenvalue weighted by atomic mass is 16.1. The van der Waals surface area contributed by atoms with Crippen LogP contribution in [0.25, 0.3) is 0 Å². The Morgan fingerprint density at radius 2 is 2.09 bits per heavy atom. The molecule has 118 valence electrons. The van der Waals surface area contributed by atoms with Crippen LogP contribution in [0.1, 0.15) is 36.5 Å². The summed E-state index contributed by atoms with van der Waals surface area (Å²) in [5.74, 6) is 0.809. The number of H-pyrrole nitrogens is 1. The van der Waals surface area contributed by atoms with Crippen molar-refractivity contribution in [3.63, 3.8) is 0 Å². The maximum Gasteiger partial charge on any atom is 0.274 e. The van der Waals surface area contributed by atoms with Gasteiger partial charge in [0, 0.05) is 23.5 Å². The summed E-state index contributed by atoms with van der Waals surface area (Å²) in [5, 5.41) is 11.7. The second-order valence-corrected chi connectivity index (χ2v) is 5.79. The average molecular weight is 302 g/mol. The van der Waals surface area contributed by atoms with Gasteiger partial charge in [-0.05, 0) is 32.8 Å². The maximum absolute atomic E-state index is 11.4. The van der Waals surface area contributed by atoms with Crippen LogP contribution in [-0.2, 0) is 6.54 Å². The summed E-state index contributed by atoms with van der Waals surface area (Å²) in [6, 6.07) is 2.09. The molecule has 0 aliphatic rings. The zero-order chi connectivity index (χ0) is 16.3. The Morgan fingerprint density at radius 3 is 2.73 bits per heavy atom. The number of hydrogen-bond acceptors (Lipinski definition) is 5. The van der Waals surface area contributed by atoms with Crippen molar-refractivity contribution in [1.29, 1.82) is 0 Å². The summed E-state index contributed by atoms with van der Waals surface area (Å²) < 4.78 is 2.28. The minimum absolute atomic E-state index is 0.225. The van der Waals surface area contributed by atoms with Crippen LogP contribution in [0.2, 0.25) is 0 Å². The molecule has 2 aromatic heterocycles. The van der Waals surface area contributed by atoms with E-state index >= 15 is 0 Å². The fraction of sp³-hybridized carbons (Fsp3) is 0.467. The van der Waals surface area contributed by atoms with Crippen LogP contribution >= 0.6 is 0 Å². The summed E-state index contributed by atoms with van der Waals surface area (Å²) in [6.45, 7) is 11.1. The quantitative estimate of drug-likeness (QED) is 0.653. The van der Waals surface area contributed by atoms with Crippen molar-refractivity contribution in [2.45, 2.75) is 41.2 Å². The first-order chi connectivity index (χ1) is 10.4. The van der Waals surface area contributed by atoms with Gasteiger partial charge in [0.05, 0.1) is 6.21 Å². The standard InChI is InChI=1S/C15H22N6O/c1-9(2)8-21-10(3)6-13(12(21)5)7-16-19-15-17-14(22)11(4)18-20-15/h6-7,9H,8H2,1-5H3,(H2,17,19,20,22). The van der Waals surface area contributed by atoms with E-state index in [0.717, 1.165) is 12.1 Å². The number of anilines is 1. The molecule has 0 bridgehead atoms. The topological polar surface area (TPSA) is 88.0 Å². The molecule has 7 nitrogen and oxygen atoms in total. The minimum Gasteiger partial charge on any atom is -0.348 e. The van der Waals surface area contributed by atoms with Crippen molar-refractivity contribution in [2.75, 3.05) is 5.43 Å². The van der Waals surface area contributed by atoms with Crippen LogP contribution in [0, 0.1) is 26.7 Å². The largest absolute Gasteiger partial charge is 0.348 e. The number of aromatic amines is 1. The third-order valence-corrected chi connectivity index (χ3v) is 3.40. The summed E-state index contributed by atoms with van der Waals surface area (Å²) in [7, 11) is 0. The normalized spacial score (nSPS) is 11.5. The lowest BCUT2D eigenvalue weighted by Gasteiger charge is -2.11. The van der Waals surface area contributed by atoms with Gasteiger partial charge in [0.2, 0.25) is 5.95 Å². The van der Waals surface area contributed by atoms with Crippen molar-refractivity contribution in [3.05, 3.63) is 39.1 Å². The molecule has 0 aromatic carbocycles. The Balaban J connectivity index is 2.13. The van der Waals surface area contributed by atoms with E-state index in [1.807, 2.05) is 0 Å². The zero-order valence-electron chi connectivity index (χ0n) is 13.6. The van der Waals surface area contributed by atoms with E-state index in [2.05, 4.69) is 64.0 Å². The number of hydrogen-bond donors (Lipinski definition) is 2. The lowest BCUT2D eigenvalue weighted by atomic mass is 10.2. The highest BCUT2D eigenvalue weighted by Gasteiger charge is 2.08. The van der Waals surface area contributed by atoms with Gasteiger partial charge in [-0.2, -0.15) is 5.10 Å². The summed E-state index contributed by atoms with van der Waals surface area (Å²) in [5.41, 5.74) is 6.15. The Morgan fingerprint density at radius 1 is 1.36 bits per heavy atom. The predicted molar refractivity (Wildman–Crippen MR) is 87.4 cm³/mol. The minimum atomic E-state index is -0.275. The lowest BCUT2D eigenvalue weighted by Crippen LogP contribution is -2.15. The van der Waals surface area contributed by atoms with Crippen LogP contribution in [-0.4, -0.2) is 26.0 Å². The van der Waals surface area contributed by atoms with E-state index in [1.165, 1.54) is 11.4 Å². The monoisotopic (exact) mass is 302 g/mol. The fourth-order valence-corrected chi connectivity index (χ4v) is 2.21. The van der Waals surface area contributed by atoms with E-state index < -0.39 is 0 Å². The molecule has 0 aliphatic heterocycles. The molecule has 2 aromatic rings. The fourth-order valence-electron chi connectivity index (χ4n) is 2.21. The Hall–Kier alpha value is -2.44. The van der Waals surface area contributed by atoms with Gasteiger partial charge in [0.15, 0.2) is 0 Å². The highest BCUT2D eigenvalue weighted by Crippen LogP contribution is 2.15. The smallest absolute Gasteiger partial charge is 0.274 e. The molecule has 7 heteroatoms. The van der Waals surface area contributed by atoms with E-state index in [0.29, 0.717) is 11.6 Å². The molecule has 22 heavy (non-hydrogen) atoms. The van der Waals surface area contributed by atoms with Gasteiger partial charge < -0.3 is 4.57 Å². The number of nitrogens with one attached hydrogen (secondary N) is 2. The molecule has 0 unspecified atom stereocenters. The Kier molecular flexibility index (Phi) is 4.75. The van der Waals surface area contributed by atoms with Crippen LogP contribution in [0.4, 0.5) is 5.95 Å². The molecule has 0 amide bonds. The Labute approximate surface area is 129 Å². The second kappa shape index (κ2) is 6.55. The number of hydrazone groups is 1. The molecule has 0 atom stereocenters. The van der Waals surface area contributed by atoms with E-state index in [9.17, 15) is 4.79 Å². The molecule has 0 fully saturated rings. The number of aromatic nitrogens is 4. The zero-order valence-corrected chi connectivity index (χ0v) is 13.6. The van der Waals surface area contributed by atoms with Crippen molar-refractivity contribution in [3.8, 4) is 0 Å². The van der Waals surface area contributed by atoms with Crippen molar-refractivity contribution >= 4 is 12.2 Å². The van der Waals surface area contributed by atoms with E-state index in [-0.39, 0.29) is 11.5 Å². The SMILES string of the molecule is Cc1nnc(NN=Cc2cc(C)n(CC(C)C)c2C)[nH]c1=O. The molecular formula is C15H22N6O. The van der Waals surface area contributed by atoms with Crippen molar-refractivity contribution in [2.24, 2.45) is 11.0 Å². The molecule has 0 spiro atoms. The number of nitrogens with zero attached hydrogens (tertiary/aromatic N) is 4. The molecule has 2 N–H and O–H groups in total. The summed E-state index contributed by atoms with van der Waals surface area (Å²) >= 11 is 0. The van der Waals surface area contributed by atoms with Crippen LogP contribution in [0.15, 0.2) is 16.0 Å². The van der Waals surface area contributed by atoms with Crippen LogP contribution in [0.3, 0.4) is 0 Å². The molecule has 0 aliphatic carbocycles. The van der Waals surface area contributed by atoms with Gasteiger partial charge >= 0.3 is 0 Å². The van der Waals surface area contributed by atoms with Gasteiger partial charge in [0.25, 0.3) is 5.56 Å². The van der Waals surface area contributed by atoms with Gasteiger partial charge in [-0.3, -0.25) is 9.78 Å². The number of rotatable bonds is 5. The molecular weight excluding hydrogens is 280 g/mol. The Bertz CT molecular complexity index is 741. The van der Waals surface area contributed by atoms with Gasteiger partial charge in [0.1, 0.15) is 5.69 Å². The van der Waals surface area contributed by atoms with Gasteiger partial charge in [-0.25, -0.2) is 5.43 Å². The first-order valence-corrected chi connectivity index (χ1v) is 7.28. The molecule has 0 saturated heterocycles. The first-order valence-electron chi connectivity index (χ1n) is 7.28. The highest BCUT2D eigenvalue weighted by molar-refractivity contribution is 5.82. The van der Waals surface area contributed by atoms with Crippen LogP contribution < -0.4 is 11.0 Å². The summed E-state index contributed by atoms with van der Waals surface area (Å²) in [6.07, 6.45) is 1.72. The van der Waals surface area contributed by atoms with Crippen LogP contribution in [0.5, 0.6) is 0 Å². The van der Waals surface area contributed by atoms with E-state index in [4.69, 9.17) is 0 Å². The molecule has 0 saturated carbocycles. The van der Waals surface area contributed by atoms with Crippen molar-refractivity contribution in [1.82, 2.24) is 19.7 Å². The predicted octanol–water partition coefficient (Wildman–Crippen LogP) is 1.99. The average Bonchev–Trinajstić information content (AvgIpc) is 2.70. The van der Waals surface area contributed by atoms with Crippen molar-refractivity contribution < 1.29 is 0 Å². The van der Waals surface area contributed by atoms with Gasteiger partial charge in [-0.15, -0.1) is 10.2 Å². The molecule has 2 heterocycles. The summed E-state index contributed by atoms with van der Waals surface area (Å²) in [4.78, 5) is 14.0. The first kappa shape index (κ1) is 15.9. The van der Waals surface area contributed by atoms with Gasteiger partial charge in [-0.1, -0.05) is 13.8 Å². The third kappa shape index (κ3) is 3.60. The molecule has 0 radical (unpaired) electrons. The maximum atomic E-state index is 11.4. The number of aryl methyl sites for hydroxylation is 2.